The van der Waals surface area contributed by atoms with Crippen molar-refractivity contribution in [2.75, 3.05) is 0 Å². The Kier molecular flexibility index (Phi) is 4.15. The minimum atomic E-state index is -0.481. The number of fused-ring (bicyclic) bond motifs is 1. The molecule has 2 atom stereocenters. The molecule has 0 spiro atoms. The second-order valence-corrected chi connectivity index (χ2v) is 7.03. The topological polar surface area (TPSA) is 20.2 Å². The fourth-order valence-corrected chi connectivity index (χ4v) is 4.21. The fourth-order valence-electron chi connectivity index (χ4n) is 2.49. The molecular formula is C16H14BrFOS. The smallest absolute Gasteiger partial charge is 0.137 e. The van der Waals surface area contributed by atoms with Gasteiger partial charge >= 0.3 is 0 Å². The summed E-state index contributed by atoms with van der Waals surface area (Å²) in [6.45, 7) is 0. The molecule has 0 aliphatic carbocycles. The molecule has 20 heavy (non-hydrogen) atoms. The predicted molar refractivity (Wildman–Crippen MR) is 83.6 cm³/mol. The molecule has 0 radical (unpaired) electrons. The first-order chi connectivity index (χ1) is 9.65. The van der Waals surface area contributed by atoms with Crippen molar-refractivity contribution >= 4 is 27.7 Å². The van der Waals surface area contributed by atoms with Crippen molar-refractivity contribution < 1.29 is 9.50 Å². The highest BCUT2D eigenvalue weighted by Gasteiger charge is 2.28. The van der Waals surface area contributed by atoms with E-state index in [4.69, 9.17) is 0 Å². The van der Waals surface area contributed by atoms with E-state index in [9.17, 15) is 9.50 Å². The summed E-state index contributed by atoms with van der Waals surface area (Å²) in [6, 6.07) is 13.2. The third-order valence-corrected chi connectivity index (χ3v) is 5.89. The molecule has 1 N–H and O–H groups in total. The van der Waals surface area contributed by atoms with Gasteiger partial charge in [-0.3, -0.25) is 0 Å². The van der Waals surface area contributed by atoms with Gasteiger partial charge in [0.05, 0.1) is 10.6 Å². The number of thioether (sulfide) groups is 1. The van der Waals surface area contributed by atoms with Gasteiger partial charge in [-0.05, 0) is 45.6 Å². The van der Waals surface area contributed by atoms with Gasteiger partial charge in [-0.2, -0.15) is 0 Å². The number of aliphatic hydroxyl groups excluding tert-OH is 1. The van der Waals surface area contributed by atoms with Gasteiger partial charge in [0, 0.05) is 16.6 Å². The van der Waals surface area contributed by atoms with Crippen LogP contribution in [0.5, 0.6) is 0 Å². The van der Waals surface area contributed by atoms with Crippen LogP contribution < -0.4 is 0 Å². The van der Waals surface area contributed by atoms with Crippen LogP contribution in [0.3, 0.4) is 0 Å². The first kappa shape index (κ1) is 14.1. The Labute approximate surface area is 130 Å². The lowest BCUT2D eigenvalue weighted by atomic mass is 10.0. The van der Waals surface area contributed by atoms with E-state index in [0.717, 1.165) is 12.0 Å². The molecule has 0 bridgehead atoms. The number of benzene rings is 2. The van der Waals surface area contributed by atoms with E-state index in [2.05, 4.69) is 28.1 Å². The third kappa shape index (κ3) is 2.78. The van der Waals surface area contributed by atoms with E-state index >= 15 is 0 Å². The molecule has 2 aromatic rings. The largest absolute Gasteiger partial charge is 0.392 e. The highest BCUT2D eigenvalue weighted by atomic mass is 79.9. The summed E-state index contributed by atoms with van der Waals surface area (Å²) in [5, 5.41) is 10.6. The van der Waals surface area contributed by atoms with Gasteiger partial charge in [0.25, 0.3) is 0 Å². The lowest BCUT2D eigenvalue weighted by Crippen LogP contribution is -2.25. The van der Waals surface area contributed by atoms with Crippen LogP contribution in [0.4, 0.5) is 4.39 Å². The zero-order chi connectivity index (χ0) is 14.1. The summed E-state index contributed by atoms with van der Waals surface area (Å²) in [4.78, 5) is 1.25. The molecule has 0 fully saturated rings. The maximum Gasteiger partial charge on any atom is 0.137 e. The minimum absolute atomic E-state index is 0.141. The van der Waals surface area contributed by atoms with Crippen LogP contribution in [0.2, 0.25) is 0 Å². The summed E-state index contributed by atoms with van der Waals surface area (Å²) < 4.78 is 13.9. The molecule has 0 aromatic heterocycles. The van der Waals surface area contributed by atoms with Gasteiger partial charge < -0.3 is 5.11 Å². The van der Waals surface area contributed by atoms with E-state index in [0.29, 0.717) is 10.9 Å². The van der Waals surface area contributed by atoms with E-state index in [-0.39, 0.29) is 11.1 Å². The Morgan fingerprint density at radius 1 is 1.25 bits per heavy atom. The molecule has 1 aliphatic heterocycles. The van der Waals surface area contributed by atoms with Gasteiger partial charge in [0.1, 0.15) is 5.82 Å². The molecule has 4 heteroatoms. The molecule has 2 aromatic carbocycles. The summed E-state index contributed by atoms with van der Waals surface area (Å²) in [5.74, 6) is -0.280. The van der Waals surface area contributed by atoms with E-state index in [1.54, 1.807) is 17.8 Å². The van der Waals surface area contributed by atoms with E-state index in [1.807, 2.05) is 18.2 Å². The summed E-state index contributed by atoms with van der Waals surface area (Å²) in [7, 11) is 0. The summed E-state index contributed by atoms with van der Waals surface area (Å²) >= 11 is 4.97. The van der Waals surface area contributed by atoms with Crippen molar-refractivity contribution in [1.29, 1.82) is 0 Å². The standard InChI is InChI=1S/C16H14BrFOS/c17-16-11(5-3-6-12(16)18)8-13(19)15-9-10-4-1-2-7-14(10)20-15/h1-7,13,15,19H,8-9H2. The van der Waals surface area contributed by atoms with Gasteiger partial charge in [-0.25, -0.2) is 4.39 Å². The van der Waals surface area contributed by atoms with Crippen LogP contribution in [0.1, 0.15) is 11.1 Å². The molecule has 0 amide bonds. The Morgan fingerprint density at radius 3 is 2.85 bits per heavy atom. The van der Waals surface area contributed by atoms with Crippen molar-refractivity contribution in [3.05, 3.63) is 63.9 Å². The van der Waals surface area contributed by atoms with Gasteiger partial charge in [-0.1, -0.05) is 30.3 Å². The number of hydrogen-bond acceptors (Lipinski definition) is 2. The maximum atomic E-state index is 13.5. The van der Waals surface area contributed by atoms with E-state index < -0.39 is 6.10 Å². The average molecular weight is 353 g/mol. The van der Waals surface area contributed by atoms with Gasteiger partial charge in [0.15, 0.2) is 0 Å². The van der Waals surface area contributed by atoms with Crippen molar-refractivity contribution in [2.24, 2.45) is 0 Å². The molecular weight excluding hydrogens is 339 g/mol. The van der Waals surface area contributed by atoms with Crippen LogP contribution in [0.15, 0.2) is 51.8 Å². The number of rotatable bonds is 3. The second-order valence-electron chi connectivity index (χ2n) is 4.95. The van der Waals surface area contributed by atoms with Crippen molar-refractivity contribution in [2.45, 2.75) is 29.1 Å². The highest BCUT2D eigenvalue weighted by molar-refractivity contribution is 9.10. The Bertz CT molecular complexity index is 607. The molecule has 0 saturated heterocycles. The maximum absolute atomic E-state index is 13.5. The number of halogens is 2. The SMILES string of the molecule is OC(Cc1cccc(F)c1Br)C1Cc2ccccc2S1. The van der Waals surface area contributed by atoms with Crippen LogP contribution in [-0.2, 0) is 12.8 Å². The quantitative estimate of drug-likeness (QED) is 0.892. The van der Waals surface area contributed by atoms with E-state index in [1.165, 1.54) is 16.5 Å². The van der Waals surface area contributed by atoms with Crippen LogP contribution >= 0.6 is 27.7 Å². The zero-order valence-electron chi connectivity index (χ0n) is 10.7. The lowest BCUT2D eigenvalue weighted by molar-refractivity contribution is 0.172. The normalized spacial score (nSPS) is 18.9. The Morgan fingerprint density at radius 2 is 2.05 bits per heavy atom. The molecule has 1 heterocycles. The third-order valence-electron chi connectivity index (χ3n) is 3.56. The van der Waals surface area contributed by atoms with Crippen molar-refractivity contribution in [3.8, 4) is 0 Å². The monoisotopic (exact) mass is 352 g/mol. The first-order valence-corrected chi connectivity index (χ1v) is 8.18. The first-order valence-electron chi connectivity index (χ1n) is 6.50. The Hall–Kier alpha value is -0.840. The predicted octanol–water partition coefficient (Wildman–Crippen LogP) is 4.21. The molecule has 1 aliphatic rings. The van der Waals surface area contributed by atoms with Crippen LogP contribution in [0, 0.1) is 5.82 Å². The second kappa shape index (κ2) is 5.88. The highest BCUT2D eigenvalue weighted by Crippen LogP contribution is 2.39. The van der Waals surface area contributed by atoms with Gasteiger partial charge in [-0.15, -0.1) is 11.8 Å². The van der Waals surface area contributed by atoms with Gasteiger partial charge in [0.2, 0.25) is 0 Å². The molecule has 1 nitrogen and oxygen atoms in total. The van der Waals surface area contributed by atoms with Crippen molar-refractivity contribution in [3.63, 3.8) is 0 Å². The van der Waals surface area contributed by atoms with Crippen molar-refractivity contribution in [1.82, 2.24) is 0 Å². The molecule has 2 unspecified atom stereocenters. The van der Waals surface area contributed by atoms with Crippen LogP contribution in [-0.4, -0.2) is 16.5 Å². The van der Waals surface area contributed by atoms with Crippen LogP contribution in [0.25, 0.3) is 0 Å². The zero-order valence-corrected chi connectivity index (χ0v) is 13.1. The lowest BCUT2D eigenvalue weighted by Gasteiger charge is -2.18. The fraction of sp³-hybridized carbons (Fsp3) is 0.250. The summed E-state index contributed by atoms with van der Waals surface area (Å²) in [6.07, 6.45) is 0.851. The number of hydrogen-bond donors (Lipinski definition) is 1. The summed E-state index contributed by atoms with van der Waals surface area (Å²) in [5.41, 5.74) is 2.11. The molecule has 3 rings (SSSR count). The number of aliphatic hydroxyl groups is 1. The molecule has 0 saturated carbocycles. The molecule has 104 valence electrons. The minimum Gasteiger partial charge on any atom is -0.392 e. The average Bonchev–Trinajstić information content (AvgIpc) is 2.88. The Balaban J connectivity index is 1.72.